The van der Waals surface area contributed by atoms with E-state index in [0.29, 0.717) is 18.5 Å². The zero-order valence-electron chi connectivity index (χ0n) is 9.25. The highest BCUT2D eigenvalue weighted by Gasteiger charge is 2.36. The molecule has 16 heavy (non-hydrogen) atoms. The molecule has 1 fully saturated rings. The highest BCUT2D eigenvalue weighted by atomic mass is 19.1. The third kappa shape index (κ3) is 1.69. The van der Waals surface area contributed by atoms with Crippen molar-refractivity contribution in [3.63, 3.8) is 0 Å². The number of benzene rings is 1. The van der Waals surface area contributed by atoms with Crippen LogP contribution in [0.15, 0.2) is 18.2 Å². The minimum Gasteiger partial charge on any atom is -0.382 e. The fourth-order valence-electron chi connectivity index (χ4n) is 2.73. The molecule has 1 aromatic rings. The maximum atomic E-state index is 13.2. The van der Waals surface area contributed by atoms with E-state index >= 15 is 0 Å². The molecule has 0 spiro atoms. The van der Waals surface area contributed by atoms with Crippen molar-refractivity contribution in [1.29, 1.82) is 0 Å². The molecule has 86 valence electrons. The van der Waals surface area contributed by atoms with Gasteiger partial charge < -0.3 is 11.1 Å². The molecule has 0 radical (unpaired) electrons. The second-order valence-corrected chi connectivity index (χ2v) is 4.99. The summed E-state index contributed by atoms with van der Waals surface area (Å²) in [5.74, 6) is 1.01. The van der Waals surface area contributed by atoms with E-state index in [1.807, 2.05) is 6.07 Å². The Morgan fingerprint density at radius 2 is 2.19 bits per heavy atom. The molecule has 1 aliphatic heterocycles. The number of anilines is 1. The topological polar surface area (TPSA) is 38.0 Å². The molecule has 2 atom stereocenters. The van der Waals surface area contributed by atoms with E-state index in [1.54, 1.807) is 6.07 Å². The first-order valence-electron chi connectivity index (χ1n) is 6.04. The molecule has 0 aromatic heterocycles. The van der Waals surface area contributed by atoms with Crippen LogP contribution in [-0.4, -0.2) is 12.6 Å². The standard InChI is InChI=1S/C13H17FN2/c14-10-3-4-11-9(7-15)5-12(8-1-2-8)16-13(11)6-10/h3-4,6,8-9,12,16H,1-2,5,7,15H2. The van der Waals surface area contributed by atoms with Gasteiger partial charge in [-0.2, -0.15) is 0 Å². The third-order valence-corrected chi connectivity index (χ3v) is 3.81. The average molecular weight is 220 g/mol. The molecule has 1 saturated carbocycles. The van der Waals surface area contributed by atoms with E-state index in [0.717, 1.165) is 18.0 Å². The minimum atomic E-state index is -0.168. The van der Waals surface area contributed by atoms with Crippen LogP contribution in [0.25, 0.3) is 0 Å². The molecule has 3 rings (SSSR count). The Kier molecular flexibility index (Phi) is 2.36. The largest absolute Gasteiger partial charge is 0.382 e. The molecule has 0 bridgehead atoms. The summed E-state index contributed by atoms with van der Waals surface area (Å²) >= 11 is 0. The fourth-order valence-corrected chi connectivity index (χ4v) is 2.73. The SMILES string of the molecule is NCC1CC(C2CC2)Nc2cc(F)ccc21. The summed E-state index contributed by atoms with van der Waals surface area (Å²) in [7, 11) is 0. The minimum absolute atomic E-state index is 0.168. The molecule has 0 amide bonds. The van der Waals surface area contributed by atoms with E-state index in [4.69, 9.17) is 5.73 Å². The summed E-state index contributed by atoms with van der Waals surface area (Å²) in [6.45, 7) is 0.656. The van der Waals surface area contributed by atoms with Crippen molar-refractivity contribution >= 4 is 5.69 Å². The van der Waals surface area contributed by atoms with Crippen LogP contribution in [0, 0.1) is 11.7 Å². The number of rotatable bonds is 2. The Balaban J connectivity index is 1.94. The molecule has 1 heterocycles. The maximum Gasteiger partial charge on any atom is 0.125 e. The molecule has 0 saturated heterocycles. The summed E-state index contributed by atoms with van der Waals surface area (Å²) in [5.41, 5.74) is 7.96. The van der Waals surface area contributed by atoms with Gasteiger partial charge in [-0.3, -0.25) is 0 Å². The van der Waals surface area contributed by atoms with Crippen molar-refractivity contribution in [2.24, 2.45) is 11.7 Å². The molecular formula is C13H17FN2. The molecule has 2 unspecified atom stereocenters. The Labute approximate surface area is 95.0 Å². The van der Waals surface area contributed by atoms with Crippen LogP contribution >= 0.6 is 0 Å². The van der Waals surface area contributed by atoms with E-state index in [9.17, 15) is 4.39 Å². The predicted molar refractivity (Wildman–Crippen MR) is 62.9 cm³/mol. The molecular weight excluding hydrogens is 203 g/mol. The van der Waals surface area contributed by atoms with Gasteiger partial charge in [0.05, 0.1) is 0 Å². The van der Waals surface area contributed by atoms with Crippen LogP contribution in [0.1, 0.15) is 30.7 Å². The summed E-state index contributed by atoms with van der Waals surface area (Å²) < 4.78 is 13.2. The van der Waals surface area contributed by atoms with Gasteiger partial charge in [-0.25, -0.2) is 4.39 Å². The number of halogens is 1. The van der Waals surface area contributed by atoms with Gasteiger partial charge in [0, 0.05) is 17.6 Å². The van der Waals surface area contributed by atoms with Crippen molar-refractivity contribution in [3.05, 3.63) is 29.6 Å². The first kappa shape index (κ1) is 10.1. The number of hydrogen-bond acceptors (Lipinski definition) is 2. The highest BCUT2D eigenvalue weighted by molar-refractivity contribution is 5.56. The van der Waals surface area contributed by atoms with E-state index in [1.165, 1.54) is 24.5 Å². The predicted octanol–water partition coefficient (Wildman–Crippen LogP) is 2.46. The Morgan fingerprint density at radius 3 is 2.88 bits per heavy atom. The Hall–Kier alpha value is -1.09. The number of hydrogen-bond donors (Lipinski definition) is 2. The van der Waals surface area contributed by atoms with Gasteiger partial charge >= 0.3 is 0 Å². The highest BCUT2D eigenvalue weighted by Crippen LogP contribution is 2.43. The zero-order chi connectivity index (χ0) is 11.1. The van der Waals surface area contributed by atoms with Crippen molar-refractivity contribution in [2.45, 2.75) is 31.2 Å². The first-order chi connectivity index (χ1) is 7.78. The van der Waals surface area contributed by atoms with Crippen LogP contribution in [-0.2, 0) is 0 Å². The van der Waals surface area contributed by atoms with Gasteiger partial charge in [-0.1, -0.05) is 6.07 Å². The lowest BCUT2D eigenvalue weighted by atomic mass is 9.85. The molecule has 3 heteroatoms. The normalized spacial score (nSPS) is 28.4. The summed E-state index contributed by atoms with van der Waals surface area (Å²) in [6.07, 6.45) is 3.71. The molecule has 1 aromatic carbocycles. The van der Waals surface area contributed by atoms with Crippen molar-refractivity contribution in [1.82, 2.24) is 0 Å². The number of nitrogens with two attached hydrogens (primary N) is 1. The van der Waals surface area contributed by atoms with Gasteiger partial charge in [0.15, 0.2) is 0 Å². The van der Waals surface area contributed by atoms with Gasteiger partial charge in [-0.05, 0) is 49.4 Å². The molecule has 2 aliphatic rings. The van der Waals surface area contributed by atoms with Crippen LogP contribution in [0.5, 0.6) is 0 Å². The van der Waals surface area contributed by atoms with Crippen molar-refractivity contribution < 1.29 is 4.39 Å². The Morgan fingerprint density at radius 1 is 1.38 bits per heavy atom. The number of fused-ring (bicyclic) bond motifs is 1. The van der Waals surface area contributed by atoms with Gasteiger partial charge in [0.25, 0.3) is 0 Å². The van der Waals surface area contributed by atoms with Gasteiger partial charge in [0.1, 0.15) is 5.82 Å². The average Bonchev–Trinajstić information content (AvgIpc) is 3.10. The molecule has 1 aliphatic carbocycles. The van der Waals surface area contributed by atoms with Crippen LogP contribution in [0.2, 0.25) is 0 Å². The van der Waals surface area contributed by atoms with Crippen LogP contribution in [0.3, 0.4) is 0 Å². The molecule has 2 nitrogen and oxygen atoms in total. The fraction of sp³-hybridized carbons (Fsp3) is 0.538. The summed E-state index contributed by atoms with van der Waals surface area (Å²) in [6, 6.07) is 5.51. The lowest BCUT2D eigenvalue weighted by molar-refractivity contribution is 0.495. The number of nitrogens with one attached hydrogen (secondary N) is 1. The quantitative estimate of drug-likeness (QED) is 0.803. The summed E-state index contributed by atoms with van der Waals surface area (Å²) in [5, 5.41) is 3.47. The lowest BCUT2D eigenvalue weighted by Gasteiger charge is -2.32. The van der Waals surface area contributed by atoms with Crippen LogP contribution < -0.4 is 11.1 Å². The first-order valence-corrected chi connectivity index (χ1v) is 6.04. The molecule has 3 N–H and O–H groups in total. The third-order valence-electron chi connectivity index (χ3n) is 3.81. The second kappa shape index (κ2) is 3.74. The zero-order valence-corrected chi connectivity index (χ0v) is 9.25. The van der Waals surface area contributed by atoms with Crippen LogP contribution in [0.4, 0.5) is 10.1 Å². The summed E-state index contributed by atoms with van der Waals surface area (Å²) in [4.78, 5) is 0. The second-order valence-electron chi connectivity index (χ2n) is 4.99. The lowest BCUT2D eigenvalue weighted by Crippen LogP contribution is -2.32. The van der Waals surface area contributed by atoms with E-state index in [2.05, 4.69) is 5.32 Å². The Bertz CT molecular complexity index is 401. The van der Waals surface area contributed by atoms with Gasteiger partial charge in [0.2, 0.25) is 0 Å². The smallest absolute Gasteiger partial charge is 0.125 e. The van der Waals surface area contributed by atoms with Crippen molar-refractivity contribution in [3.8, 4) is 0 Å². The van der Waals surface area contributed by atoms with E-state index < -0.39 is 0 Å². The van der Waals surface area contributed by atoms with E-state index in [-0.39, 0.29) is 5.82 Å². The van der Waals surface area contributed by atoms with Crippen molar-refractivity contribution in [2.75, 3.05) is 11.9 Å². The maximum absolute atomic E-state index is 13.2. The van der Waals surface area contributed by atoms with Gasteiger partial charge in [-0.15, -0.1) is 0 Å². The monoisotopic (exact) mass is 220 g/mol.